The molecule has 0 radical (unpaired) electrons. The molecule has 2 aromatic rings. The van der Waals surface area contributed by atoms with E-state index in [2.05, 4.69) is 26.2 Å². The molecule has 1 aromatic carbocycles. The second-order valence-electron chi connectivity index (χ2n) is 5.11. The number of benzene rings is 1. The number of hydrogen-bond donors (Lipinski definition) is 1. The highest BCUT2D eigenvalue weighted by Crippen LogP contribution is 2.38. The number of halogens is 1. The first kappa shape index (κ1) is 14.5. The Balaban J connectivity index is 1.57. The normalized spacial score (nSPS) is 20.3. The van der Waals surface area contributed by atoms with Gasteiger partial charge in [0.15, 0.2) is 11.7 Å². The maximum Gasteiger partial charge on any atom is 0.309 e. The predicted molar refractivity (Wildman–Crippen MR) is 84.2 cm³/mol. The lowest BCUT2D eigenvalue weighted by Gasteiger charge is -2.03. The van der Waals surface area contributed by atoms with Gasteiger partial charge in [-0.2, -0.15) is 0 Å². The fraction of sp³-hybridized carbons (Fsp3) is 0.357. The molecule has 1 aliphatic rings. The first-order valence-corrected chi connectivity index (χ1v) is 8.16. The average molecular weight is 369 g/mol. The molecule has 1 N–H and O–H groups in total. The topological polar surface area (TPSA) is 68.3 Å². The van der Waals surface area contributed by atoms with E-state index in [1.165, 1.54) is 11.3 Å². The number of hydrogen-bond acceptors (Lipinski definition) is 5. The van der Waals surface area contributed by atoms with E-state index in [-0.39, 0.29) is 24.4 Å². The third-order valence-corrected chi connectivity index (χ3v) is 4.78. The van der Waals surface area contributed by atoms with Crippen LogP contribution in [0.4, 0.5) is 5.13 Å². The third-order valence-electron chi connectivity index (χ3n) is 3.35. The molecule has 0 unspecified atom stereocenters. The summed E-state index contributed by atoms with van der Waals surface area (Å²) in [5, 5.41) is 3.16. The number of rotatable bonds is 4. The third kappa shape index (κ3) is 3.41. The highest BCUT2D eigenvalue weighted by Gasteiger charge is 2.40. The molecule has 2 atom stereocenters. The molecule has 7 heteroatoms. The molecule has 0 saturated heterocycles. The van der Waals surface area contributed by atoms with Crippen molar-refractivity contribution in [3.8, 4) is 0 Å². The Labute approximate surface area is 133 Å². The van der Waals surface area contributed by atoms with Gasteiger partial charge in [-0.1, -0.05) is 34.2 Å². The Hall–Kier alpha value is -1.47. The molecular formula is C14H13BrN2O3S. The summed E-state index contributed by atoms with van der Waals surface area (Å²) in [5.41, 5.74) is 0.822. The van der Waals surface area contributed by atoms with E-state index < -0.39 is 0 Å². The van der Waals surface area contributed by atoms with Crippen molar-refractivity contribution in [1.82, 2.24) is 4.98 Å². The number of amides is 1. The largest absolute Gasteiger partial charge is 0.455 e. The van der Waals surface area contributed by atoms with Crippen LogP contribution in [0, 0.1) is 11.8 Å². The first-order chi connectivity index (χ1) is 10.0. The number of thiazole rings is 1. The van der Waals surface area contributed by atoms with E-state index in [4.69, 9.17) is 4.74 Å². The van der Waals surface area contributed by atoms with Crippen LogP contribution in [-0.4, -0.2) is 23.5 Å². The molecule has 1 fully saturated rings. The Bertz CT molecular complexity index is 715. The zero-order valence-corrected chi connectivity index (χ0v) is 13.7. The molecule has 0 aliphatic heterocycles. The van der Waals surface area contributed by atoms with E-state index in [0.29, 0.717) is 11.0 Å². The standard InChI is InChI=1S/C14H13BrN2O3S/c1-7-4-9(7)13(19)20-6-12(18)17-14-16-10-3-2-8(15)5-11(10)21-14/h2-3,5,7,9H,4,6H2,1H3,(H,16,17,18)/t7-,9-/m0/s1. The second kappa shape index (κ2) is 5.73. The van der Waals surface area contributed by atoms with Gasteiger partial charge in [-0.15, -0.1) is 0 Å². The second-order valence-corrected chi connectivity index (χ2v) is 7.05. The Morgan fingerprint density at radius 3 is 3.00 bits per heavy atom. The van der Waals surface area contributed by atoms with Crippen molar-refractivity contribution in [2.45, 2.75) is 13.3 Å². The number of anilines is 1. The van der Waals surface area contributed by atoms with Gasteiger partial charge >= 0.3 is 5.97 Å². The van der Waals surface area contributed by atoms with Crippen molar-refractivity contribution in [1.29, 1.82) is 0 Å². The van der Waals surface area contributed by atoms with Crippen molar-refractivity contribution in [2.75, 3.05) is 11.9 Å². The van der Waals surface area contributed by atoms with Crippen molar-refractivity contribution >= 4 is 54.5 Å². The van der Waals surface area contributed by atoms with E-state index in [1.807, 2.05) is 25.1 Å². The number of aromatic nitrogens is 1. The molecule has 1 aliphatic carbocycles. The van der Waals surface area contributed by atoms with Gasteiger partial charge in [-0.05, 0) is 30.5 Å². The van der Waals surface area contributed by atoms with Crippen molar-refractivity contribution in [3.05, 3.63) is 22.7 Å². The summed E-state index contributed by atoms with van der Waals surface area (Å²) in [5.74, 6) is -0.304. The van der Waals surface area contributed by atoms with Crippen LogP contribution in [0.2, 0.25) is 0 Å². The lowest BCUT2D eigenvalue weighted by Crippen LogP contribution is -2.21. The molecule has 5 nitrogen and oxygen atoms in total. The van der Waals surface area contributed by atoms with E-state index in [9.17, 15) is 9.59 Å². The molecular weight excluding hydrogens is 356 g/mol. The van der Waals surface area contributed by atoms with Gasteiger partial charge in [0.05, 0.1) is 16.1 Å². The number of ether oxygens (including phenoxy) is 1. The number of nitrogens with zero attached hydrogens (tertiary/aromatic N) is 1. The summed E-state index contributed by atoms with van der Waals surface area (Å²) in [4.78, 5) is 27.6. The van der Waals surface area contributed by atoms with Gasteiger partial charge in [-0.25, -0.2) is 4.98 Å². The Morgan fingerprint density at radius 2 is 2.29 bits per heavy atom. The molecule has 3 rings (SSSR count). The molecule has 21 heavy (non-hydrogen) atoms. The van der Waals surface area contributed by atoms with Gasteiger partial charge < -0.3 is 4.74 Å². The number of carbonyl (C=O) groups is 2. The zero-order valence-electron chi connectivity index (χ0n) is 11.3. The summed E-state index contributed by atoms with van der Waals surface area (Å²) in [6, 6.07) is 5.71. The Morgan fingerprint density at radius 1 is 1.52 bits per heavy atom. The minimum Gasteiger partial charge on any atom is -0.455 e. The van der Waals surface area contributed by atoms with Crippen LogP contribution in [0.5, 0.6) is 0 Å². The lowest BCUT2D eigenvalue weighted by molar-refractivity contribution is -0.148. The monoisotopic (exact) mass is 368 g/mol. The van der Waals surface area contributed by atoms with Crippen LogP contribution < -0.4 is 5.32 Å². The van der Waals surface area contributed by atoms with Crippen LogP contribution in [0.1, 0.15) is 13.3 Å². The van der Waals surface area contributed by atoms with Crippen LogP contribution >= 0.6 is 27.3 Å². The van der Waals surface area contributed by atoms with Gasteiger partial charge in [-0.3, -0.25) is 14.9 Å². The van der Waals surface area contributed by atoms with E-state index in [1.54, 1.807) is 0 Å². The zero-order chi connectivity index (χ0) is 15.0. The fourth-order valence-corrected chi connectivity index (χ4v) is 3.44. The van der Waals surface area contributed by atoms with Crippen LogP contribution in [0.25, 0.3) is 10.2 Å². The smallest absolute Gasteiger partial charge is 0.309 e. The maximum absolute atomic E-state index is 11.8. The minimum absolute atomic E-state index is 0.0300. The molecule has 1 amide bonds. The molecule has 0 spiro atoms. The van der Waals surface area contributed by atoms with Crippen molar-refractivity contribution in [2.24, 2.45) is 11.8 Å². The van der Waals surface area contributed by atoms with Gasteiger partial charge in [0.2, 0.25) is 0 Å². The summed E-state index contributed by atoms with van der Waals surface area (Å²) in [6.45, 7) is 1.73. The summed E-state index contributed by atoms with van der Waals surface area (Å²) < 4.78 is 6.92. The van der Waals surface area contributed by atoms with E-state index in [0.717, 1.165) is 21.1 Å². The summed E-state index contributed by atoms with van der Waals surface area (Å²) in [7, 11) is 0. The van der Waals surface area contributed by atoms with Crippen LogP contribution in [0.3, 0.4) is 0 Å². The highest BCUT2D eigenvalue weighted by atomic mass is 79.9. The number of nitrogens with one attached hydrogen (secondary N) is 1. The summed E-state index contributed by atoms with van der Waals surface area (Å²) in [6.07, 6.45) is 0.854. The number of esters is 1. The average Bonchev–Trinajstić information content (AvgIpc) is 3.03. The molecule has 0 bridgehead atoms. The molecule has 1 heterocycles. The molecule has 1 saturated carbocycles. The summed E-state index contributed by atoms with van der Waals surface area (Å²) >= 11 is 4.77. The number of fused-ring (bicyclic) bond motifs is 1. The number of carbonyl (C=O) groups excluding carboxylic acids is 2. The van der Waals surface area contributed by atoms with Gasteiger partial charge in [0.1, 0.15) is 0 Å². The predicted octanol–water partition coefficient (Wildman–Crippen LogP) is 3.20. The maximum atomic E-state index is 11.8. The Kier molecular flexibility index (Phi) is 3.95. The fourth-order valence-electron chi connectivity index (χ4n) is 2.00. The van der Waals surface area contributed by atoms with Crippen LogP contribution in [0.15, 0.2) is 22.7 Å². The molecule has 110 valence electrons. The molecule has 1 aromatic heterocycles. The van der Waals surface area contributed by atoms with E-state index >= 15 is 0 Å². The quantitative estimate of drug-likeness (QED) is 0.841. The first-order valence-electron chi connectivity index (χ1n) is 6.55. The van der Waals surface area contributed by atoms with Gasteiger partial charge in [0, 0.05) is 4.47 Å². The van der Waals surface area contributed by atoms with Gasteiger partial charge in [0.25, 0.3) is 5.91 Å². The van der Waals surface area contributed by atoms with Crippen molar-refractivity contribution in [3.63, 3.8) is 0 Å². The van der Waals surface area contributed by atoms with Crippen LogP contribution in [-0.2, 0) is 14.3 Å². The lowest BCUT2D eigenvalue weighted by atomic mass is 10.3. The SMILES string of the molecule is C[C@H]1C[C@@H]1C(=O)OCC(=O)Nc1nc2ccc(Br)cc2s1. The van der Waals surface area contributed by atoms with Crippen molar-refractivity contribution < 1.29 is 14.3 Å². The minimum atomic E-state index is -0.366. The highest BCUT2D eigenvalue weighted by molar-refractivity contribution is 9.10.